The number of hydrogen-bond donors (Lipinski definition) is 4. The van der Waals surface area contributed by atoms with Crippen molar-refractivity contribution in [1.82, 2.24) is 19.7 Å². The zero-order chi connectivity index (χ0) is 23.7. The minimum Gasteiger partial charge on any atom is -0.365 e. The van der Waals surface area contributed by atoms with Crippen LogP contribution in [0.25, 0.3) is 16.6 Å². The van der Waals surface area contributed by atoms with Crippen molar-refractivity contribution in [2.45, 2.75) is 37.8 Å². The molecule has 0 spiro atoms. The molecule has 9 nitrogen and oxygen atoms in total. The van der Waals surface area contributed by atoms with Crippen molar-refractivity contribution in [3.8, 4) is 5.69 Å². The van der Waals surface area contributed by atoms with Gasteiger partial charge in [-0.3, -0.25) is 9.78 Å². The second-order valence-corrected chi connectivity index (χ2v) is 8.42. The van der Waals surface area contributed by atoms with Crippen LogP contribution in [0.2, 0.25) is 0 Å². The molecule has 0 unspecified atom stereocenters. The molecule has 3 heterocycles. The minimum atomic E-state index is -0.796. The molecule has 1 saturated carbocycles. The smallest absolute Gasteiger partial charge is 0.252 e. The fourth-order valence-electron chi connectivity index (χ4n) is 4.33. The Morgan fingerprint density at radius 3 is 2.65 bits per heavy atom. The van der Waals surface area contributed by atoms with E-state index in [1.165, 1.54) is 0 Å². The molecule has 1 aliphatic rings. The summed E-state index contributed by atoms with van der Waals surface area (Å²) in [5, 5.41) is 11.5. The number of pyridine rings is 2. The van der Waals surface area contributed by atoms with Gasteiger partial charge in [0.15, 0.2) is 11.6 Å². The highest BCUT2D eigenvalue weighted by molar-refractivity contribution is 6.00. The first-order valence-corrected chi connectivity index (χ1v) is 11.2. The Morgan fingerprint density at radius 2 is 1.88 bits per heavy atom. The van der Waals surface area contributed by atoms with E-state index in [1.54, 1.807) is 23.3 Å². The summed E-state index contributed by atoms with van der Waals surface area (Å²) in [6.07, 6.45) is 8.74. The molecule has 3 aromatic heterocycles. The van der Waals surface area contributed by atoms with Gasteiger partial charge in [0.05, 0.1) is 41.0 Å². The van der Waals surface area contributed by atoms with E-state index < -0.39 is 11.7 Å². The quantitative estimate of drug-likeness (QED) is 0.346. The van der Waals surface area contributed by atoms with Crippen LogP contribution in [0.3, 0.4) is 0 Å². The van der Waals surface area contributed by atoms with Crippen LogP contribution in [-0.2, 0) is 0 Å². The Hall–Kier alpha value is -4.05. The average molecular weight is 461 g/mol. The number of hydrogen-bond acceptors (Lipinski definition) is 7. The number of anilines is 3. The Morgan fingerprint density at radius 1 is 1.09 bits per heavy atom. The van der Waals surface area contributed by atoms with Gasteiger partial charge in [0, 0.05) is 17.5 Å². The highest BCUT2D eigenvalue weighted by Gasteiger charge is 2.25. The molecule has 1 amide bonds. The number of rotatable bonds is 6. The molecule has 1 fully saturated rings. The monoisotopic (exact) mass is 460 g/mol. The maximum Gasteiger partial charge on any atom is 0.252 e. The molecule has 2 atom stereocenters. The van der Waals surface area contributed by atoms with E-state index in [0.717, 1.165) is 48.3 Å². The summed E-state index contributed by atoms with van der Waals surface area (Å²) in [6, 6.07) is 10.5. The van der Waals surface area contributed by atoms with Crippen molar-refractivity contribution in [3.63, 3.8) is 0 Å². The van der Waals surface area contributed by atoms with Crippen molar-refractivity contribution in [2.75, 3.05) is 10.6 Å². The second kappa shape index (κ2) is 9.06. The number of fused-ring (bicyclic) bond motifs is 1. The Labute approximate surface area is 195 Å². The van der Waals surface area contributed by atoms with Gasteiger partial charge < -0.3 is 22.1 Å². The number of primary amides is 1. The number of para-hydroxylation sites is 1. The molecule has 0 bridgehead atoms. The van der Waals surface area contributed by atoms with Crippen LogP contribution in [0.5, 0.6) is 0 Å². The fraction of sp³-hybridized carbons (Fsp3) is 0.250. The van der Waals surface area contributed by atoms with E-state index in [9.17, 15) is 9.18 Å². The van der Waals surface area contributed by atoms with Crippen LogP contribution in [0.1, 0.15) is 36.0 Å². The van der Waals surface area contributed by atoms with Crippen LogP contribution in [0.4, 0.5) is 21.7 Å². The van der Waals surface area contributed by atoms with E-state index >= 15 is 0 Å². The van der Waals surface area contributed by atoms with E-state index in [0.29, 0.717) is 5.69 Å². The highest BCUT2D eigenvalue weighted by atomic mass is 19.1. The predicted octanol–water partition coefficient (Wildman–Crippen LogP) is 3.48. The van der Waals surface area contributed by atoms with Gasteiger partial charge in [-0.1, -0.05) is 31.0 Å². The number of nitrogens with one attached hydrogen (secondary N) is 2. The summed E-state index contributed by atoms with van der Waals surface area (Å²) in [7, 11) is 0. The molecule has 5 rings (SSSR count). The lowest BCUT2D eigenvalue weighted by Gasteiger charge is -2.30. The summed E-state index contributed by atoms with van der Waals surface area (Å²) in [5.74, 6) is -1.31. The first kappa shape index (κ1) is 21.8. The highest BCUT2D eigenvalue weighted by Crippen LogP contribution is 2.30. The number of amides is 1. The van der Waals surface area contributed by atoms with Gasteiger partial charge in [-0.25, -0.2) is 14.1 Å². The molecule has 1 aromatic carbocycles. The van der Waals surface area contributed by atoms with Crippen LogP contribution in [-0.4, -0.2) is 37.7 Å². The summed E-state index contributed by atoms with van der Waals surface area (Å²) in [5.41, 5.74) is 13.9. The van der Waals surface area contributed by atoms with Gasteiger partial charge in [0.25, 0.3) is 5.91 Å². The number of nitrogens with two attached hydrogens (primary N) is 2. The lowest BCUT2D eigenvalue weighted by atomic mass is 9.91. The molecule has 174 valence electrons. The number of halogens is 1. The second-order valence-electron chi connectivity index (χ2n) is 8.42. The van der Waals surface area contributed by atoms with Crippen LogP contribution >= 0.6 is 0 Å². The maximum atomic E-state index is 14.8. The van der Waals surface area contributed by atoms with Gasteiger partial charge in [-0.2, -0.15) is 5.10 Å². The third-order valence-electron chi connectivity index (χ3n) is 6.13. The summed E-state index contributed by atoms with van der Waals surface area (Å²) in [6.45, 7) is 0. The van der Waals surface area contributed by atoms with E-state index in [4.69, 9.17) is 11.5 Å². The van der Waals surface area contributed by atoms with Crippen molar-refractivity contribution in [3.05, 3.63) is 66.4 Å². The first-order chi connectivity index (χ1) is 16.5. The third-order valence-corrected chi connectivity index (χ3v) is 6.13. The fourth-order valence-corrected chi connectivity index (χ4v) is 4.33. The predicted molar refractivity (Wildman–Crippen MR) is 129 cm³/mol. The topological polar surface area (TPSA) is 137 Å². The molecular weight excluding hydrogens is 435 g/mol. The molecular formula is C24H25FN8O. The van der Waals surface area contributed by atoms with E-state index in [-0.39, 0.29) is 29.3 Å². The van der Waals surface area contributed by atoms with Gasteiger partial charge in [0.2, 0.25) is 0 Å². The van der Waals surface area contributed by atoms with Crippen LogP contribution in [0.15, 0.2) is 55.0 Å². The van der Waals surface area contributed by atoms with Gasteiger partial charge in [-0.05, 0) is 31.0 Å². The zero-order valence-electron chi connectivity index (χ0n) is 18.4. The minimum absolute atomic E-state index is 0.0231. The average Bonchev–Trinajstić information content (AvgIpc) is 3.28. The molecule has 6 N–H and O–H groups in total. The zero-order valence-corrected chi connectivity index (χ0v) is 18.4. The van der Waals surface area contributed by atoms with E-state index in [2.05, 4.69) is 25.7 Å². The SMILES string of the molecule is NC(=O)c1cc(F)c(N[C@@H]2CCCC[C@@H]2N)nc1Nc1cncc2c1cnn2-c1ccccc1. The molecule has 10 heteroatoms. The Bertz CT molecular complexity index is 1340. The van der Waals surface area contributed by atoms with Gasteiger partial charge in [0.1, 0.15) is 5.82 Å². The molecule has 0 saturated heterocycles. The number of nitrogens with zero attached hydrogens (tertiary/aromatic N) is 4. The number of carbonyl (C=O) groups excluding carboxylic acids is 1. The number of benzene rings is 1. The van der Waals surface area contributed by atoms with Gasteiger partial charge in [-0.15, -0.1) is 0 Å². The van der Waals surface area contributed by atoms with E-state index in [1.807, 2.05) is 30.3 Å². The standard InChI is InChI=1S/C24H25FN8O/c25-17-10-15(22(27)34)23(32-24(17)30-19-9-5-4-8-18(19)26)31-20-12-28-13-21-16(20)11-29-33(21)14-6-2-1-3-7-14/h1-3,6-7,10-13,18-19H,4-5,8-9,26H2,(H2,27,34)(H2,30,31,32)/t18-,19+/m0/s1. The first-order valence-electron chi connectivity index (χ1n) is 11.2. The van der Waals surface area contributed by atoms with Crippen LogP contribution < -0.4 is 22.1 Å². The molecule has 4 aromatic rings. The van der Waals surface area contributed by atoms with Crippen molar-refractivity contribution < 1.29 is 9.18 Å². The Balaban J connectivity index is 1.52. The number of aromatic nitrogens is 4. The van der Waals surface area contributed by atoms with Crippen LogP contribution in [0, 0.1) is 5.82 Å². The molecule has 0 radical (unpaired) electrons. The lowest BCUT2D eigenvalue weighted by Crippen LogP contribution is -2.43. The third kappa shape index (κ3) is 4.15. The summed E-state index contributed by atoms with van der Waals surface area (Å²) in [4.78, 5) is 20.8. The number of carbonyl (C=O) groups is 1. The summed E-state index contributed by atoms with van der Waals surface area (Å²) < 4.78 is 16.6. The lowest BCUT2D eigenvalue weighted by molar-refractivity contribution is 0.100. The maximum absolute atomic E-state index is 14.8. The normalized spacial score (nSPS) is 18.1. The Kier molecular flexibility index (Phi) is 5.81. The summed E-state index contributed by atoms with van der Waals surface area (Å²) >= 11 is 0. The van der Waals surface area contributed by atoms with Crippen molar-refractivity contribution in [2.24, 2.45) is 11.5 Å². The van der Waals surface area contributed by atoms with Crippen molar-refractivity contribution >= 4 is 34.1 Å². The van der Waals surface area contributed by atoms with Gasteiger partial charge >= 0.3 is 0 Å². The van der Waals surface area contributed by atoms with Crippen molar-refractivity contribution in [1.29, 1.82) is 0 Å². The molecule has 1 aliphatic carbocycles. The molecule has 34 heavy (non-hydrogen) atoms. The molecule has 0 aliphatic heterocycles. The largest absolute Gasteiger partial charge is 0.365 e.